The molecule has 3 rings (SSSR count). The first-order chi connectivity index (χ1) is 12.4. The number of benzene rings is 2. The van der Waals surface area contributed by atoms with Crippen molar-refractivity contribution in [2.24, 2.45) is 5.92 Å². The fourth-order valence-corrected chi connectivity index (χ4v) is 3.42. The standard InChI is InChI=1S/C18H15Cl2NO4S/c1-9(15-8-24-13-4-2-3-5-14(13)25-15)17(26)21-12-7-10(19)6-11(20)16(12)18(22)23/h2-7,9,15H,8H2,1H3,(H,21,26)(H,22,23). The van der Waals surface area contributed by atoms with Crippen LogP contribution < -0.4 is 14.8 Å². The molecule has 2 N–H and O–H groups in total. The Morgan fingerprint density at radius 1 is 1.31 bits per heavy atom. The molecular formula is C18H15Cl2NO4S. The van der Waals surface area contributed by atoms with Crippen molar-refractivity contribution in [3.8, 4) is 11.5 Å². The highest BCUT2D eigenvalue weighted by atomic mass is 35.5. The lowest BCUT2D eigenvalue weighted by molar-refractivity contribution is 0.0698. The molecule has 8 heteroatoms. The molecule has 0 saturated heterocycles. The Kier molecular flexibility index (Phi) is 5.55. The topological polar surface area (TPSA) is 67.8 Å². The molecule has 0 spiro atoms. The first kappa shape index (κ1) is 18.8. The van der Waals surface area contributed by atoms with Gasteiger partial charge in [0.05, 0.1) is 15.7 Å². The third-order valence-corrected chi connectivity index (χ3v) is 5.02. The smallest absolute Gasteiger partial charge is 0.339 e. The van der Waals surface area contributed by atoms with Crippen LogP contribution in [0.25, 0.3) is 0 Å². The van der Waals surface area contributed by atoms with E-state index in [-0.39, 0.29) is 28.3 Å². The van der Waals surface area contributed by atoms with Crippen molar-refractivity contribution in [3.63, 3.8) is 0 Å². The summed E-state index contributed by atoms with van der Waals surface area (Å²) >= 11 is 17.4. The fraction of sp³-hybridized carbons (Fsp3) is 0.222. The van der Waals surface area contributed by atoms with Crippen molar-refractivity contribution in [2.75, 3.05) is 11.9 Å². The van der Waals surface area contributed by atoms with Gasteiger partial charge in [-0.25, -0.2) is 4.79 Å². The molecule has 1 heterocycles. The molecular weight excluding hydrogens is 397 g/mol. The number of para-hydroxylation sites is 2. The fourth-order valence-electron chi connectivity index (χ4n) is 2.59. The van der Waals surface area contributed by atoms with E-state index in [2.05, 4.69) is 5.32 Å². The Bertz CT molecular complexity index is 874. The van der Waals surface area contributed by atoms with Gasteiger partial charge in [0.1, 0.15) is 18.3 Å². The van der Waals surface area contributed by atoms with Crippen LogP contribution in [0.4, 0.5) is 5.69 Å². The second kappa shape index (κ2) is 7.70. The van der Waals surface area contributed by atoms with E-state index in [4.69, 9.17) is 44.9 Å². The van der Waals surface area contributed by atoms with Crippen LogP contribution in [0.1, 0.15) is 17.3 Å². The van der Waals surface area contributed by atoms with E-state index in [1.165, 1.54) is 12.1 Å². The number of carboxylic acid groups (broad SMARTS) is 1. The SMILES string of the molecule is CC(C(=S)Nc1cc(Cl)cc(Cl)c1C(=O)O)C1COc2ccccc2O1. The number of thiocarbonyl (C=S) groups is 1. The molecule has 0 radical (unpaired) electrons. The van der Waals surface area contributed by atoms with Crippen molar-refractivity contribution < 1.29 is 19.4 Å². The van der Waals surface area contributed by atoms with E-state index in [1.807, 2.05) is 31.2 Å². The number of carboxylic acids is 1. The van der Waals surface area contributed by atoms with E-state index in [1.54, 1.807) is 0 Å². The lowest BCUT2D eigenvalue weighted by Crippen LogP contribution is -2.40. The zero-order chi connectivity index (χ0) is 18.8. The summed E-state index contributed by atoms with van der Waals surface area (Å²) in [6.07, 6.45) is -0.312. The van der Waals surface area contributed by atoms with E-state index in [0.717, 1.165) is 0 Å². The van der Waals surface area contributed by atoms with Gasteiger partial charge < -0.3 is 19.9 Å². The molecule has 0 fully saturated rings. The average Bonchev–Trinajstić information content (AvgIpc) is 2.59. The van der Waals surface area contributed by atoms with Gasteiger partial charge in [0, 0.05) is 10.9 Å². The quantitative estimate of drug-likeness (QED) is 0.696. The summed E-state index contributed by atoms with van der Waals surface area (Å²) in [6.45, 7) is 2.21. The third-order valence-electron chi connectivity index (χ3n) is 4.03. The number of aromatic carboxylic acids is 1. The van der Waals surface area contributed by atoms with Crippen molar-refractivity contribution in [1.82, 2.24) is 0 Å². The summed E-state index contributed by atoms with van der Waals surface area (Å²) in [5, 5.41) is 12.7. The maximum absolute atomic E-state index is 11.5. The van der Waals surface area contributed by atoms with Gasteiger partial charge >= 0.3 is 5.97 Å². The zero-order valence-corrected chi connectivity index (χ0v) is 16.0. The molecule has 2 aromatic carbocycles. The number of carbonyl (C=O) groups is 1. The van der Waals surface area contributed by atoms with Crippen LogP contribution in [0.5, 0.6) is 11.5 Å². The highest BCUT2D eigenvalue weighted by molar-refractivity contribution is 7.80. The van der Waals surface area contributed by atoms with Crippen molar-refractivity contribution in [1.29, 1.82) is 0 Å². The number of nitrogens with one attached hydrogen (secondary N) is 1. The summed E-state index contributed by atoms with van der Waals surface area (Å²) in [6, 6.07) is 10.2. The van der Waals surface area contributed by atoms with E-state index in [0.29, 0.717) is 28.1 Å². The lowest BCUT2D eigenvalue weighted by Gasteiger charge is -2.31. The van der Waals surface area contributed by atoms with Gasteiger partial charge in [0.25, 0.3) is 0 Å². The molecule has 5 nitrogen and oxygen atoms in total. The van der Waals surface area contributed by atoms with Crippen LogP contribution in [0.15, 0.2) is 36.4 Å². The number of hydrogen-bond donors (Lipinski definition) is 2. The first-order valence-electron chi connectivity index (χ1n) is 7.78. The van der Waals surface area contributed by atoms with Crippen LogP contribution in [0.3, 0.4) is 0 Å². The first-order valence-corrected chi connectivity index (χ1v) is 8.95. The summed E-state index contributed by atoms with van der Waals surface area (Å²) in [5.74, 6) is -0.0754. The van der Waals surface area contributed by atoms with Gasteiger partial charge in [-0.3, -0.25) is 0 Å². The maximum atomic E-state index is 11.5. The van der Waals surface area contributed by atoms with Crippen molar-refractivity contribution >= 4 is 52.1 Å². The average molecular weight is 412 g/mol. The number of halogens is 2. The predicted molar refractivity (Wildman–Crippen MR) is 105 cm³/mol. The molecule has 2 atom stereocenters. The maximum Gasteiger partial charge on any atom is 0.339 e. The van der Waals surface area contributed by atoms with Crippen LogP contribution in [0, 0.1) is 5.92 Å². The van der Waals surface area contributed by atoms with Gasteiger partial charge in [-0.1, -0.05) is 54.5 Å². The molecule has 0 aromatic heterocycles. The largest absolute Gasteiger partial charge is 0.486 e. The minimum Gasteiger partial charge on any atom is -0.486 e. The lowest BCUT2D eigenvalue weighted by atomic mass is 10.0. The Balaban J connectivity index is 1.78. The number of rotatable bonds is 4. The molecule has 136 valence electrons. The molecule has 0 saturated carbocycles. The Morgan fingerprint density at radius 3 is 2.69 bits per heavy atom. The minimum atomic E-state index is -1.17. The Labute approximate surface area is 165 Å². The van der Waals surface area contributed by atoms with E-state index in [9.17, 15) is 9.90 Å². The minimum absolute atomic E-state index is 0.0362. The Hall–Kier alpha value is -2.02. The van der Waals surface area contributed by atoms with Gasteiger partial charge in [-0.2, -0.15) is 0 Å². The molecule has 2 unspecified atom stereocenters. The summed E-state index contributed by atoms with van der Waals surface area (Å²) in [4.78, 5) is 11.9. The van der Waals surface area contributed by atoms with E-state index >= 15 is 0 Å². The van der Waals surface area contributed by atoms with Crippen LogP contribution in [-0.2, 0) is 0 Å². The molecule has 26 heavy (non-hydrogen) atoms. The van der Waals surface area contributed by atoms with Crippen LogP contribution >= 0.6 is 35.4 Å². The summed E-state index contributed by atoms with van der Waals surface area (Å²) in [5.41, 5.74) is 0.153. The summed E-state index contributed by atoms with van der Waals surface area (Å²) in [7, 11) is 0. The monoisotopic (exact) mass is 411 g/mol. The summed E-state index contributed by atoms with van der Waals surface area (Å²) < 4.78 is 11.7. The highest BCUT2D eigenvalue weighted by Gasteiger charge is 2.29. The van der Waals surface area contributed by atoms with E-state index < -0.39 is 5.97 Å². The number of fused-ring (bicyclic) bond motifs is 1. The van der Waals surface area contributed by atoms with Crippen molar-refractivity contribution in [2.45, 2.75) is 13.0 Å². The molecule has 0 amide bonds. The van der Waals surface area contributed by atoms with Gasteiger partial charge in [0.15, 0.2) is 11.5 Å². The second-order valence-electron chi connectivity index (χ2n) is 5.81. The molecule has 2 aromatic rings. The third kappa shape index (κ3) is 3.87. The molecule has 0 bridgehead atoms. The van der Waals surface area contributed by atoms with Crippen LogP contribution in [-0.4, -0.2) is 28.8 Å². The van der Waals surface area contributed by atoms with Crippen LogP contribution in [0.2, 0.25) is 10.0 Å². The normalized spacial score (nSPS) is 16.7. The van der Waals surface area contributed by atoms with Gasteiger partial charge in [-0.15, -0.1) is 0 Å². The molecule has 1 aliphatic heterocycles. The van der Waals surface area contributed by atoms with Gasteiger partial charge in [-0.05, 0) is 24.3 Å². The number of hydrogen-bond acceptors (Lipinski definition) is 4. The molecule has 0 aliphatic carbocycles. The Morgan fingerprint density at radius 2 is 2.00 bits per heavy atom. The zero-order valence-electron chi connectivity index (χ0n) is 13.7. The molecule has 1 aliphatic rings. The highest BCUT2D eigenvalue weighted by Crippen LogP contribution is 2.34. The number of ether oxygens (including phenoxy) is 2. The second-order valence-corrected chi connectivity index (χ2v) is 7.09. The number of anilines is 1. The van der Waals surface area contributed by atoms with Crippen molar-refractivity contribution in [3.05, 3.63) is 52.0 Å². The predicted octanol–water partition coefficient (Wildman–Crippen LogP) is 4.91. The van der Waals surface area contributed by atoms with Gasteiger partial charge in [0.2, 0.25) is 0 Å².